The summed E-state index contributed by atoms with van der Waals surface area (Å²) in [6.45, 7) is 9.59. The van der Waals surface area contributed by atoms with E-state index in [9.17, 15) is 5.11 Å². The molecule has 4 fully saturated rings. The molecule has 4 aliphatic carbocycles. The van der Waals surface area contributed by atoms with E-state index in [1.807, 2.05) is 14.0 Å². The maximum absolute atomic E-state index is 12.1. The van der Waals surface area contributed by atoms with E-state index in [2.05, 4.69) is 44.9 Å². The molecule has 5 nitrogen and oxygen atoms in total. The second-order valence-electron chi connectivity index (χ2n) is 12.5. The Balaban J connectivity index is 1.65. The van der Waals surface area contributed by atoms with Gasteiger partial charge in [0.2, 0.25) is 0 Å². The highest BCUT2D eigenvalue weighted by molar-refractivity contribution is 5.63. The van der Waals surface area contributed by atoms with E-state index in [0.717, 1.165) is 50.1 Å². The maximum Gasteiger partial charge on any atom is 0.165 e. The first kappa shape index (κ1) is 21.2. The van der Waals surface area contributed by atoms with Crippen molar-refractivity contribution in [1.29, 1.82) is 0 Å². The molecular formula is C27H39NO4. The van der Waals surface area contributed by atoms with Crippen LogP contribution in [-0.2, 0) is 16.6 Å². The van der Waals surface area contributed by atoms with Crippen LogP contribution in [0.3, 0.4) is 0 Å². The SMILES string of the molecule is COc1ccc2c3c1O[C@H]1[C@@]4(OC)CCC5(C[C@@H]4[C@](C)(O)C(C)(C)C)[C@@H](C2)N(C)CC[C@]315. The maximum atomic E-state index is 12.1. The molecule has 1 unspecified atom stereocenters. The van der Waals surface area contributed by atoms with Crippen LogP contribution in [0, 0.1) is 16.7 Å². The molecule has 2 spiro atoms. The Labute approximate surface area is 192 Å². The van der Waals surface area contributed by atoms with E-state index in [1.54, 1.807) is 7.11 Å². The average molecular weight is 442 g/mol. The highest BCUT2D eigenvalue weighted by Gasteiger charge is 2.82. The molecule has 0 amide bonds. The summed E-state index contributed by atoms with van der Waals surface area (Å²) in [5.41, 5.74) is 1.17. The van der Waals surface area contributed by atoms with Gasteiger partial charge in [-0.15, -0.1) is 0 Å². The fourth-order valence-corrected chi connectivity index (χ4v) is 9.01. The van der Waals surface area contributed by atoms with Gasteiger partial charge in [0.15, 0.2) is 11.5 Å². The lowest BCUT2D eigenvalue weighted by atomic mass is 9.33. The summed E-state index contributed by atoms with van der Waals surface area (Å²) >= 11 is 0. The van der Waals surface area contributed by atoms with Crippen LogP contribution >= 0.6 is 0 Å². The van der Waals surface area contributed by atoms with Crippen molar-refractivity contribution >= 4 is 0 Å². The van der Waals surface area contributed by atoms with Crippen molar-refractivity contribution in [1.82, 2.24) is 4.90 Å². The molecule has 32 heavy (non-hydrogen) atoms. The Hall–Kier alpha value is -1.30. The topological polar surface area (TPSA) is 51.2 Å². The van der Waals surface area contributed by atoms with Crippen LogP contribution in [0.2, 0.25) is 0 Å². The summed E-state index contributed by atoms with van der Waals surface area (Å²) in [4.78, 5) is 2.60. The summed E-state index contributed by atoms with van der Waals surface area (Å²) in [5, 5.41) is 12.1. The van der Waals surface area contributed by atoms with Crippen LogP contribution in [0.5, 0.6) is 11.5 Å². The van der Waals surface area contributed by atoms with Gasteiger partial charge >= 0.3 is 0 Å². The Bertz CT molecular complexity index is 983. The molecule has 1 aromatic carbocycles. The highest BCUT2D eigenvalue weighted by Crippen LogP contribution is 2.77. The van der Waals surface area contributed by atoms with Crippen molar-refractivity contribution in [3.05, 3.63) is 23.3 Å². The van der Waals surface area contributed by atoms with Crippen LogP contribution in [0.1, 0.15) is 64.5 Å². The number of benzene rings is 1. The molecule has 2 heterocycles. The van der Waals surface area contributed by atoms with Gasteiger partial charge in [0.1, 0.15) is 11.7 Å². The van der Waals surface area contributed by atoms with Crippen molar-refractivity contribution in [2.24, 2.45) is 16.7 Å². The molecular weight excluding hydrogens is 402 g/mol. The van der Waals surface area contributed by atoms with Crippen LogP contribution in [0.25, 0.3) is 0 Å². The van der Waals surface area contributed by atoms with Gasteiger partial charge < -0.3 is 24.2 Å². The number of hydrogen-bond donors (Lipinski definition) is 1. The molecule has 1 N–H and O–H groups in total. The first-order valence-electron chi connectivity index (χ1n) is 12.3. The van der Waals surface area contributed by atoms with Crippen molar-refractivity contribution in [3.63, 3.8) is 0 Å². The number of fused-ring (bicyclic) bond motifs is 2. The summed E-state index contributed by atoms with van der Waals surface area (Å²) in [6.07, 6.45) is 5.07. The molecule has 7 rings (SSSR count). The van der Waals surface area contributed by atoms with Gasteiger partial charge in [0, 0.05) is 35.5 Å². The lowest BCUT2D eigenvalue weighted by molar-refractivity contribution is -0.311. The fourth-order valence-electron chi connectivity index (χ4n) is 9.01. The monoisotopic (exact) mass is 441 g/mol. The molecule has 5 heteroatoms. The minimum absolute atomic E-state index is 0.00253. The third-order valence-corrected chi connectivity index (χ3v) is 11.0. The standard InChI is InChI=1S/C27H39NO4/c1-23(2,3)24(4,29)18-15-25-10-11-27(18,31-7)22-26(25)12-13-28(5)19(25)14-16-8-9-17(30-6)21(32-22)20(16)26/h8-9,18-19,22,29H,10-15H2,1-7H3/t18-,19-,22-,24+,25?,26+,27-/m1/s1. The number of likely N-dealkylation sites (N-methyl/N-ethyl adjacent to an activating group) is 1. The van der Waals surface area contributed by atoms with E-state index in [-0.39, 0.29) is 28.3 Å². The molecule has 0 aromatic heterocycles. The van der Waals surface area contributed by atoms with Crippen molar-refractivity contribution in [2.75, 3.05) is 27.8 Å². The van der Waals surface area contributed by atoms with Gasteiger partial charge in [-0.1, -0.05) is 26.8 Å². The lowest BCUT2D eigenvalue weighted by Crippen LogP contribution is -2.83. The van der Waals surface area contributed by atoms with Crippen LogP contribution in [0.4, 0.5) is 0 Å². The largest absolute Gasteiger partial charge is 0.493 e. The zero-order chi connectivity index (χ0) is 22.9. The number of nitrogens with zero attached hydrogens (tertiary/aromatic N) is 1. The number of methoxy groups -OCH3 is 2. The third kappa shape index (κ3) is 2.01. The molecule has 0 radical (unpaired) electrons. The molecule has 3 saturated carbocycles. The zero-order valence-electron chi connectivity index (χ0n) is 20.7. The fraction of sp³-hybridized carbons (Fsp3) is 0.778. The quantitative estimate of drug-likeness (QED) is 0.770. The van der Waals surface area contributed by atoms with E-state index >= 15 is 0 Å². The van der Waals surface area contributed by atoms with Gasteiger partial charge in [-0.25, -0.2) is 0 Å². The minimum Gasteiger partial charge on any atom is -0.493 e. The summed E-state index contributed by atoms with van der Waals surface area (Å²) in [6, 6.07) is 4.82. The minimum atomic E-state index is -0.882. The summed E-state index contributed by atoms with van der Waals surface area (Å²) in [7, 11) is 5.89. The van der Waals surface area contributed by atoms with Crippen molar-refractivity contribution in [2.45, 2.75) is 88.6 Å². The molecule has 1 aromatic rings. The molecule has 6 aliphatic rings. The smallest absolute Gasteiger partial charge is 0.165 e. The van der Waals surface area contributed by atoms with Gasteiger partial charge in [-0.2, -0.15) is 0 Å². The molecule has 1 saturated heterocycles. The number of hydrogen-bond acceptors (Lipinski definition) is 5. The number of rotatable bonds is 3. The van der Waals surface area contributed by atoms with E-state index in [4.69, 9.17) is 14.2 Å². The van der Waals surface area contributed by atoms with Gasteiger partial charge in [-0.3, -0.25) is 0 Å². The predicted octanol–water partition coefficient (Wildman–Crippen LogP) is 3.94. The molecule has 4 bridgehead atoms. The summed E-state index contributed by atoms with van der Waals surface area (Å²) < 4.78 is 19.4. The molecule has 2 aliphatic heterocycles. The number of likely N-dealkylation sites (tertiary alicyclic amines) is 1. The molecule has 176 valence electrons. The molecule has 7 atom stereocenters. The van der Waals surface area contributed by atoms with Gasteiger partial charge in [0.05, 0.1) is 12.7 Å². The van der Waals surface area contributed by atoms with Gasteiger partial charge in [0.25, 0.3) is 0 Å². The third-order valence-electron chi connectivity index (χ3n) is 11.0. The van der Waals surface area contributed by atoms with E-state index in [0.29, 0.717) is 6.04 Å². The van der Waals surface area contributed by atoms with Crippen LogP contribution in [-0.4, -0.2) is 61.2 Å². The summed E-state index contributed by atoms with van der Waals surface area (Å²) in [5.74, 6) is 1.79. The lowest BCUT2D eigenvalue weighted by Gasteiger charge is -2.75. The zero-order valence-corrected chi connectivity index (χ0v) is 20.7. The Morgan fingerprint density at radius 3 is 2.53 bits per heavy atom. The second kappa shape index (κ2) is 6.03. The number of aliphatic hydroxyl groups is 1. The first-order chi connectivity index (χ1) is 15.0. The van der Waals surface area contributed by atoms with Crippen LogP contribution in [0.15, 0.2) is 12.1 Å². The van der Waals surface area contributed by atoms with Crippen molar-refractivity contribution < 1.29 is 19.3 Å². The number of ether oxygens (including phenoxy) is 3. The van der Waals surface area contributed by atoms with E-state index in [1.165, 1.54) is 11.1 Å². The highest BCUT2D eigenvalue weighted by atomic mass is 16.6. The first-order valence-corrected chi connectivity index (χ1v) is 12.3. The Morgan fingerprint density at radius 2 is 1.88 bits per heavy atom. The second-order valence-corrected chi connectivity index (χ2v) is 12.5. The Kier molecular flexibility index (Phi) is 4.00. The number of piperidine rings is 1. The normalized spacial score (nSPS) is 43.4. The average Bonchev–Trinajstić information content (AvgIpc) is 3.12. The van der Waals surface area contributed by atoms with E-state index < -0.39 is 11.2 Å². The van der Waals surface area contributed by atoms with Crippen LogP contribution < -0.4 is 9.47 Å². The van der Waals surface area contributed by atoms with Crippen molar-refractivity contribution in [3.8, 4) is 11.5 Å². The Morgan fingerprint density at radius 1 is 1.12 bits per heavy atom. The van der Waals surface area contributed by atoms with Gasteiger partial charge in [-0.05, 0) is 69.7 Å². The predicted molar refractivity (Wildman–Crippen MR) is 123 cm³/mol.